The van der Waals surface area contributed by atoms with Gasteiger partial charge in [0.25, 0.3) is 5.91 Å². The molecule has 3 aromatic rings. The molecule has 7 nitrogen and oxygen atoms in total. The second-order valence-corrected chi connectivity index (χ2v) is 5.81. The van der Waals surface area contributed by atoms with Gasteiger partial charge in [-0.1, -0.05) is 5.16 Å². The molecule has 2 aromatic heterocycles. The molecule has 0 aliphatic rings. The van der Waals surface area contributed by atoms with Gasteiger partial charge in [0.15, 0.2) is 5.82 Å². The Kier molecular flexibility index (Phi) is 4.65. The van der Waals surface area contributed by atoms with E-state index < -0.39 is 0 Å². The van der Waals surface area contributed by atoms with Crippen LogP contribution in [0, 0.1) is 6.92 Å². The predicted octanol–water partition coefficient (Wildman–Crippen LogP) is 3.44. The first-order chi connectivity index (χ1) is 12.0. The zero-order valence-electron chi connectivity index (χ0n) is 14.3. The number of anilines is 4. The minimum Gasteiger partial charge on any atom is -0.378 e. The molecule has 7 heteroatoms. The number of carbonyl (C=O) groups is 1. The molecule has 0 saturated carbocycles. The second kappa shape index (κ2) is 7.04. The largest absolute Gasteiger partial charge is 0.378 e. The molecule has 1 amide bonds. The molecule has 25 heavy (non-hydrogen) atoms. The average Bonchev–Trinajstić information content (AvgIpc) is 3.00. The third-order valence-electron chi connectivity index (χ3n) is 3.54. The zero-order valence-corrected chi connectivity index (χ0v) is 14.3. The lowest BCUT2D eigenvalue weighted by molar-refractivity contribution is 0.102. The first-order valence-electron chi connectivity index (χ1n) is 7.75. The van der Waals surface area contributed by atoms with Gasteiger partial charge in [0, 0.05) is 37.7 Å². The van der Waals surface area contributed by atoms with Crippen LogP contribution in [0.25, 0.3) is 0 Å². The van der Waals surface area contributed by atoms with Crippen LogP contribution in [0.2, 0.25) is 0 Å². The number of pyridine rings is 1. The molecule has 0 saturated heterocycles. The van der Waals surface area contributed by atoms with E-state index in [-0.39, 0.29) is 5.91 Å². The number of hydrogen-bond donors (Lipinski definition) is 2. The van der Waals surface area contributed by atoms with Gasteiger partial charge in [0.05, 0.1) is 17.4 Å². The van der Waals surface area contributed by atoms with E-state index in [1.807, 2.05) is 50.2 Å². The molecule has 2 N–H and O–H groups in total. The first kappa shape index (κ1) is 16.5. The lowest BCUT2D eigenvalue weighted by Crippen LogP contribution is -2.13. The fourth-order valence-corrected chi connectivity index (χ4v) is 2.25. The number of nitrogens with zero attached hydrogens (tertiary/aromatic N) is 3. The van der Waals surface area contributed by atoms with Crippen molar-refractivity contribution in [2.45, 2.75) is 6.92 Å². The van der Waals surface area contributed by atoms with Gasteiger partial charge in [-0.05, 0) is 37.3 Å². The molecule has 128 valence electrons. The summed E-state index contributed by atoms with van der Waals surface area (Å²) in [5, 5.41) is 9.77. The monoisotopic (exact) mass is 337 g/mol. The van der Waals surface area contributed by atoms with E-state index in [2.05, 4.69) is 20.8 Å². The van der Waals surface area contributed by atoms with Gasteiger partial charge >= 0.3 is 0 Å². The number of hydrogen-bond acceptors (Lipinski definition) is 6. The smallest absolute Gasteiger partial charge is 0.257 e. The Morgan fingerprint density at radius 1 is 1.08 bits per heavy atom. The molecule has 0 aliphatic heterocycles. The highest BCUT2D eigenvalue weighted by atomic mass is 16.5. The molecule has 0 spiro atoms. The number of rotatable bonds is 5. The molecule has 0 radical (unpaired) electrons. The fraction of sp³-hybridized carbons (Fsp3) is 0.167. The maximum atomic E-state index is 12.4. The Balaban J connectivity index is 1.70. The van der Waals surface area contributed by atoms with Gasteiger partial charge in [-0.15, -0.1) is 0 Å². The van der Waals surface area contributed by atoms with Crippen LogP contribution in [-0.4, -0.2) is 30.1 Å². The van der Waals surface area contributed by atoms with E-state index in [1.54, 1.807) is 18.3 Å². The summed E-state index contributed by atoms with van der Waals surface area (Å²) in [7, 11) is 3.93. The Bertz CT molecular complexity index is 871. The van der Waals surface area contributed by atoms with Gasteiger partial charge in [0.1, 0.15) is 5.76 Å². The average molecular weight is 337 g/mol. The Morgan fingerprint density at radius 3 is 2.48 bits per heavy atom. The molecule has 2 heterocycles. The summed E-state index contributed by atoms with van der Waals surface area (Å²) in [6.45, 7) is 1.81. The van der Waals surface area contributed by atoms with Crippen LogP contribution < -0.4 is 15.5 Å². The quantitative estimate of drug-likeness (QED) is 0.742. The number of aromatic nitrogens is 2. The molecule has 0 bridgehead atoms. The minimum absolute atomic E-state index is 0.231. The van der Waals surface area contributed by atoms with Gasteiger partial charge in [-0.3, -0.25) is 9.78 Å². The van der Waals surface area contributed by atoms with Crippen LogP contribution >= 0.6 is 0 Å². The minimum atomic E-state index is -0.231. The predicted molar refractivity (Wildman–Crippen MR) is 97.5 cm³/mol. The number of benzene rings is 1. The number of carbonyl (C=O) groups excluding carboxylic acids is 1. The maximum Gasteiger partial charge on any atom is 0.257 e. The molecule has 3 rings (SSSR count). The van der Waals surface area contributed by atoms with Gasteiger partial charge in [-0.25, -0.2) is 0 Å². The molecule has 0 atom stereocenters. The Morgan fingerprint density at radius 2 is 1.84 bits per heavy atom. The van der Waals surface area contributed by atoms with Crippen molar-refractivity contribution in [2.24, 2.45) is 0 Å². The van der Waals surface area contributed by atoms with E-state index in [1.165, 1.54) is 6.20 Å². The van der Waals surface area contributed by atoms with Crippen molar-refractivity contribution < 1.29 is 9.32 Å². The van der Waals surface area contributed by atoms with Crippen molar-refractivity contribution in [2.75, 3.05) is 29.6 Å². The van der Waals surface area contributed by atoms with E-state index in [4.69, 9.17) is 4.52 Å². The van der Waals surface area contributed by atoms with E-state index >= 15 is 0 Å². The normalized spacial score (nSPS) is 10.4. The van der Waals surface area contributed by atoms with Crippen LogP contribution in [0.5, 0.6) is 0 Å². The molecular weight excluding hydrogens is 318 g/mol. The van der Waals surface area contributed by atoms with Crippen molar-refractivity contribution in [1.82, 2.24) is 10.1 Å². The van der Waals surface area contributed by atoms with Gasteiger partial charge in [-0.2, -0.15) is 0 Å². The van der Waals surface area contributed by atoms with Crippen LogP contribution in [-0.2, 0) is 0 Å². The molecular formula is C18H19N5O2. The van der Waals surface area contributed by atoms with Crippen molar-refractivity contribution in [3.05, 3.63) is 60.1 Å². The van der Waals surface area contributed by atoms with Crippen molar-refractivity contribution in [1.29, 1.82) is 0 Å². The number of nitrogens with one attached hydrogen (secondary N) is 2. The third-order valence-corrected chi connectivity index (χ3v) is 3.54. The summed E-state index contributed by atoms with van der Waals surface area (Å²) in [5.41, 5.74) is 2.89. The van der Waals surface area contributed by atoms with Gasteiger partial charge in [0.2, 0.25) is 0 Å². The highest BCUT2D eigenvalue weighted by molar-refractivity contribution is 6.04. The lowest BCUT2D eigenvalue weighted by Gasteiger charge is -2.13. The topological polar surface area (TPSA) is 83.3 Å². The van der Waals surface area contributed by atoms with Crippen molar-refractivity contribution >= 4 is 28.8 Å². The molecule has 0 fully saturated rings. The summed E-state index contributed by atoms with van der Waals surface area (Å²) in [4.78, 5) is 18.5. The Hall–Kier alpha value is -3.35. The van der Waals surface area contributed by atoms with E-state index in [0.29, 0.717) is 22.8 Å². The molecule has 0 aliphatic carbocycles. The van der Waals surface area contributed by atoms with Gasteiger partial charge < -0.3 is 20.1 Å². The standard InChI is InChI=1S/C18H19N5O2/c1-12-8-17(22-25-12)20-15-9-13(10-19-11-15)18(24)21-14-4-6-16(7-5-14)23(2)3/h4-11H,1-3H3,(H,20,22)(H,21,24). The molecule has 0 unspecified atom stereocenters. The summed E-state index contributed by atoms with van der Waals surface area (Å²) in [6.07, 6.45) is 3.13. The van der Waals surface area contributed by atoms with Crippen molar-refractivity contribution in [3.63, 3.8) is 0 Å². The SMILES string of the molecule is Cc1cc(Nc2cncc(C(=O)Nc3ccc(N(C)C)cc3)c2)no1. The number of aryl methyl sites for hydroxylation is 1. The van der Waals surface area contributed by atoms with Crippen LogP contribution in [0.3, 0.4) is 0 Å². The second-order valence-electron chi connectivity index (χ2n) is 5.81. The van der Waals surface area contributed by atoms with E-state index in [0.717, 1.165) is 11.4 Å². The summed E-state index contributed by atoms with van der Waals surface area (Å²) < 4.78 is 5.00. The van der Waals surface area contributed by atoms with Crippen LogP contribution in [0.4, 0.5) is 22.9 Å². The summed E-state index contributed by atoms with van der Waals surface area (Å²) >= 11 is 0. The Labute approximate surface area is 145 Å². The van der Waals surface area contributed by atoms with Crippen molar-refractivity contribution in [3.8, 4) is 0 Å². The first-order valence-corrected chi connectivity index (χ1v) is 7.75. The molecule has 1 aromatic carbocycles. The third kappa shape index (κ3) is 4.14. The van der Waals surface area contributed by atoms with Crippen LogP contribution in [0.15, 0.2) is 53.3 Å². The number of amides is 1. The van der Waals surface area contributed by atoms with E-state index in [9.17, 15) is 4.79 Å². The highest BCUT2D eigenvalue weighted by Crippen LogP contribution is 2.19. The lowest BCUT2D eigenvalue weighted by atomic mass is 10.2. The summed E-state index contributed by atoms with van der Waals surface area (Å²) in [5.74, 6) is 1.03. The van der Waals surface area contributed by atoms with Crippen LogP contribution in [0.1, 0.15) is 16.1 Å². The summed E-state index contributed by atoms with van der Waals surface area (Å²) in [6, 6.07) is 11.1. The fourth-order valence-electron chi connectivity index (χ4n) is 2.25. The highest BCUT2D eigenvalue weighted by Gasteiger charge is 2.09. The maximum absolute atomic E-state index is 12.4. The zero-order chi connectivity index (χ0) is 17.8.